The molecule has 102 valence electrons. The standard InChI is InChI=1S/C14H29NO2/c1-5-16-11-13(15-4)14(17-6-2)9-7-12(3)8-10-14/h12-13,15H,5-11H2,1-4H3. The monoisotopic (exact) mass is 243 g/mol. The second-order valence-electron chi connectivity index (χ2n) is 5.18. The second kappa shape index (κ2) is 7.34. The fraction of sp³-hybridized carbons (Fsp3) is 1.00. The number of hydrogen-bond donors (Lipinski definition) is 1. The molecule has 0 aromatic carbocycles. The van der Waals surface area contributed by atoms with E-state index in [0.29, 0.717) is 6.04 Å². The van der Waals surface area contributed by atoms with Crippen LogP contribution in [0.15, 0.2) is 0 Å². The van der Waals surface area contributed by atoms with Crippen LogP contribution in [-0.4, -0.2) is 38.5 Å². The van der Waals surface area contributed by atoms with Crippen molar-refractivity contribution in [3.63, 3.8) is 0 Å². The molecule has 1 fully saturated rings. The molecular weight excluding hydrogens is 214 g/mol. The van der Waals surface area contributed by atoms with E-state index < -0.39 is 0 Å². The molecule has 0 aliphatic heterocycles. The number of likely N-dealkylation sites (N-methyl/N-ethyl adjacent to an activating group) is 1. The molecule has 17 heavy (non-hydrogen) atoms. The number of rotatable bonds is 7. The Morgan fingerprint density at radius 2 is 1.88 bits per heavy atom. The Morgan fingerprint density at radius 1 is 1.24 bits per heavy atom. The normalized spacial score (nSPS) is 31.4. The van der Waals surface area contributed by atoms with E-state index in [1.54, 1.807) is 0 Å². The van der Waals surface area contributed by atoms with Crippen LogP contribution in [0.1, 0.15) is 46.5 Å². The topological polar surface area (TPSA) is 30.5 Å². The number of nitrogens with one attached hydrogen (secondary N) is 1. The van der Waals surface area contributed by atoms with Gasteiger partial charge < -0.3 is 14.8 Å². The maximum Gasteiger partial charge on any atom is 0.0857 e. The van der Waals surface area contributed by atoms with Gasteiger partial charge in [0.05, 0.1) is 18.2 Å². The van der Waals surface area contributed by atoms with Crippen LogP contribution in [0, 0.1) is 5.92 Å². The molecule has 1 rings (SSSR count). The molecule has 1 N–H and O–H groups in total. The first-order valence-electron chi connectivity index (χ1n) is 7.07. The predicted octanol–water partition coefficient (Wildman–Crippen LogP) is 2.60. The smallest absolute Gasteiger partial charge is 0.0857 e. The molecule has 0 bridgehead atoms. The summed E-state index contributed by atoms with van der Waals surface area (Å²) in [5.41, 5.74) is -0.00875. The summed E-state index contributed by atoms with van der Waals surface area (Å²) in [7, 11) is 2.02. The van der Waals surface area contributed by atoms with Crippen molar-refractivity contribution in [2.24, 2.45) is 5.92 Å². The van der Waals surface area contributed by atoms with E-state index in [2.05, 4.69) is 19.2 Å². The fourth-order valence-corrected chi connectivity index (χ4v) is 2.87. The minimum Gasteiger partial charge on any atom is -0.380 e. The lowest BCUT2D eigenvalue weighted by Crippen LogP contribution is -2.55. The third-order valence-electron chi connectivity index (χ3n) is 4.02. The van der Waals surface area contributed by atoms with Crippen LogP contribution in [-0.2, 0) is 9.47 Å². The van der Waals surface area contributed by atoms with Gasteiger partial charge in [0.1, 0.15) is 0 Å². The van der Waals surface area contributed by atoms with Crippen molar-refractivity contribution >= 4 is 0 Å². The van der Waals surface area contributed by atoms with Gasteiger partial charge in [0, 0.05) is 13.2 Å². The Kier molecular flexibility index (Phi) is 6.45. The van der Waals surface area contributed by atoms with Crippen LogP contribution < -0.4 is 5.32 Å². The highest BCUT2D eigenvalue weighted by atomic mass is 16.5. The van der Waals surface area contributed by atoms with Gasteiger partial charge in [-0.1, -0.05) is 6.92 Å². The third kappa shape index (κ3) is 3.94. The molecule has 0 spiro atoms. The minimum atomic E-state index is -0.00875. The van der Waals surface area contributed by atoms with Crippen molar-refractivity contribution in [2.75, 3.05) is 26.9 Å². The molecule has 1 unspecified atom stereocenters. The lowest BCUT2D eigenvalue weighted by atomic mass is 9.75. The van der Waals surface area contributed by atoms with Crippen LogP contribution in [0.4, 0.5) is 0 Å². The summed E-state index contributed by atoms with van der Waals surface area (Å²) in [5.74, 6) is 0.841. The number of ether oxygens (including phenoxy) is 2. The van der Waals surface area contributed by atoms with E-state index in [1.807, 2.05) is 14.0 Å². The Labute approximate surface area is 106 Å². The lowest BCUT2D eigenvalue weighted by Gasteiger charge is -2.44. The SMILES string of the molecule is CCOCC(NC)C1(OCC)CCC(C)CC1. The van der Waals surface area contributed by atoms with Gasteiger partial charge in [-0.3, -0.25) is 0 Å². The summed E-state index contributed by atoms with van der Waals surface area (Å²) in [6.07, 6.45) is 4.84. The highest BCUT2D eigenvalue weighted by molar-refractivity contribution is 4.96. The Hall–Kier alpha value is -0.120. The average molecular weight is 243 g/mol. The average Bonchev–Trinajstić information content (AvgIpc) is 2.34. The van der Waals surface area contributed by atoms with Crippen LogP contribution >= 0.6 is 0 Å². The van der Waals surface area contributed by atoms with Gasteiger partial charge in [0.2, 0.25) is 0 Å². The first-order chi connectivity index (χ1) is 8.18. The van der Waals surface area contributed by atoms with E-state index in [1.165, 1.54) is 12.8 Å². The maximum absolute atomic E-state index is 6.13. The van der Waals surface area contributed by atoms with E-state index >= 15 is 0 Å². The van der Waals surface area contributed by atoms with Gasteiger partial charge in [-0.05, 0) is 52.5 Å². The van der Waals surface area contributed by atoms with E-state index in [-0.39, 0.29) is 5.60 Å². The van der Waals surface area contributed by atoms with Gasteiger partial charge in [-0.25, -0.2) is 0 Å². The molecule has 1 aliphatic rings. The van der Waals surface area contributed by atoms with Crippen molar-refractivity contribution in [3.05, 3.63) is 0 Å². The molecule has 0 radical (unpaired) electrons. The van der Waals surface area contributed by atoms with Crippen molar-refractivity contribution < 1.29 is 9.47 Å². The molecule has 0 heterocycles. The summed E-state index contributed by atoms with van der Waals surface area (Å²) in [4.78, 5) is 0. The number of hydrogen-bond acceptors (Lipinski definition) is 3. The Balaban J connectivity index is 2.66. The zero-order chi connectivity index (χ0) is 12.7. The zero-order valence-electron chi connectivity index (χ0n) is 11.9. The molecule has 3 heteroatoms. The summed E-state index contributed by atoms with van der Waals surface area (Å²) in [6.45, 7) is 8.79. The van der Waals surface area contributed by atoms with Gasteiger partial charge in [-0.2, -0.15) is 0 Å². The zero-order valence-corrected chi connectivity index (χ0v) is 11.9. The predicted molar refractivity (Wildman–Crippen MR) is 71.3 cm³/mol. The fourth-order valence-electron chi connectivity index (χ4n) is 2.87. The lowest BCUT2D eigenvalue weighted by molar-refractivity contribution is -0.109. The quantitative estimate of drug-likeness (QED) is 0.745. The van der Waals surface area contributed by atoms with Crippen LogP contribution in [0.25, 0.3) is 0 Å². The van der Waals surface area contributed by atoms with Crippen LogP contribution in [0.5, 0.6) is 0 Å². The molecule has 0 aromatic heterocycles. The van der Waals surface area contributed by atoms with E-state index in [0.717, 1.165) is 38.6 Å². The highest BCUT2D eigenvalue weighted by Gasteiger charge is 2.41. The second-order valence-corrected chi connectivity index (χ2v) is 5.18. The highest BCUT2D eigenvalue weighted by Crippen LogP contribution is 2.37. The largest absolute Gasteiger partial charge is 0.380 e. The third-order valence-corrected chi connectivity index (χ3v) is 4.02. The summed E-state index contributed by atoms with van der Waals surface area (Å²) >= 11 is 0. The van der Waals surface area contributed by atoms with Crippen molar-refractivity contribution in [2.45, 2.75) is 58.1 Å². The van der Waals surface area contributed by atoms with E-state index in [4.69, 9.17) is 9.47 Å². The van der Waals surface area contributed by atoms with Gasteiger partial charge in [0.25, 0.3) is 0 Å². The molecule has 0 amide bonds. The molecule has 0 aromatic rings. The molecule has 3 nitrogen and oxygen atoms in total. The Bertz CT molecular complexity index is 200. The summed E-state index contributed by atoms with van der Waals surface area (Å²) in [6, 6.07) is 0.315. The van der Waals surface area contributed by atoms with Crippen LogP contribution in [0.3, 0.4) is 0 Å². The molecule has 1 aliphatic carbocycles. The van der Waals surface area contributed by atoms with Crippen molar-refractivity contribution in [3.8, 4) is 0 Å². The van der Waals surface area contributed by atoms with Crippen molar-refractivity contribution in [1.29, 1.82) is 0 Å². The minimum absolute atomic E-state index is 0.00875. The van der Waals surface area contributed by atoms with E-state index in [9.17, 15) is 0 Å². The molecular formula is C14H29NO2. The molecule has 1 saturated carbocycles. The first kappa shape index (κ1) is 14.9. The van der Waals surface area contributed by atoms with Gasteiger partial charge >= 0.3 is 0 Å². The molecule has 0 saturated heterocycles. The Morgan fingerprint density at radius 3 is 2.35 bits per heavy atom. The van der Waals surface area contributed by atoms with Gasteiger partial charge in [-0.15, -0.1) is 0 Å². The van der Waals surface area contributed by atoms with Crippen LogP contribution in [0.2, 0.25) is 0 Å². The first-order valence-corrected chi connectivity index (χ1v) is 7.07. The van der Waals surface area contributed by atoms with Crippen molar-refractivity contribution in [1.82, 2.24) is 5.32 Å². The molecule has 1 atom stereocenters. The van der Waals surface area contributed by atoms with Gasteiger partial charge in [0.15, 0.2) is 0 Å². The maximum atomic E-state index is 6.13. The summed E-state index contributed by atoms with van der Waals surface area (Å²) < 4.78 is 11.7. The summed E-state index contributed by atoms with van der Waals surface area (Å²) in [5, 5.41) is 3.40.